The van der Waals surface area contributed by atoms with Crippen LogP contribution in [0.1, 0.15) is 33.3 Å². The molecule has 3 aromatic rings. The average molecular weight is 595 g/mol. The van der Waals surface area contributed by atoms with Crippen molar-refractivity contribution in [3.05, 3.63) is 94.2 Å². The first kappa shape index (κ1) is 30.4. The Balaban J connectivity index is 2.08. The van der Waals surface area contributed by atoms with Gasteiger partial charge < -0.3 is 10.2 Å². The van der Waals surface area contributed by atoms with Crippen LogP contribution in [0.15, 0.2) is 77.7 Å². The molecular formula is C28H30Cl2FN3O4S. The first-order valence-corrected chi connectivity index (χ1v) is 14.3. The van der Waals surface area contributed by atoms with E-state index in [1.54, 1.807) is 45.0 Å². The predicted molar refractivity (Wildman–Crippen MR) is 152 cm³/mol. The van der Waals surface area contributed by atoms with Crippen molar-refractivity contribution < 1.29 is 22.4 Å². The molecule has 0 aliphatic carbocycles. The Morgan fingerprint density at radius 3 is 2.18 bits per heavy atom. The SMILES string of the molecule is C[C@@H](C(=O)NC(C)(C)C)N(Cc1ccccc1F)C(=O)CN(c1cccc(Cl)c1Cl)S(=O)(=O)c1ccccc1. The van der Waals surface area contributed by atoms with Crippen LogP contribution in [-0.4, -0.2) is 43.3 Å². The van der Waals surface area contributed by atoms with Crippen molar-refractivity contribution in [3.8, 4) is 0 Å². The quantitative estimate of drug-likeness (QED) is 0.347. The fourth-order valence-corrected chi connectivity index (χ4v) is 5.68. The largest absolute Gasteiger partial charge is 0.350 e. The van der Waals surface area contributed by atoms with Gasteiger partial charge in [-0.25, -0.2) is 12.8 Å². The lowest BCUT2D eigenvalue weighted by molar-refractivity contribution is -0.140. The summed E-state index contributed by atoms with van der Waals surface area (Å²) in [5.41, 5.74) is -0.451. The second-order valence-electron chi connectivity index (χ2n) is 9.93. The van der Waals surface area contributed by atoms with E-state index in [4.69, 9.17) is 23.2 Å². The van der Waals surface area contributed by atoms with E-state index >= 15 is 0 Å². The molecule has 0 aromatic heterocycles. The van der Waals surface area contributed by atoms with Crippen LogP contribution < -0.4 is 9.62 Å². The summed E-state index contributed by atoms with van der Waals surface area (Å²) in [4.78, 5) is 28.0. The molecule has 1 N–H and O–H groups in total. The number of benzene rings is 3. The number of rotatable bonds is 9. The number of nitrogens with zero attached hydrogens (tertiary/aromatic N) is 2. The van der Waals surface area contributed by atoms with E-state index in [1.807, 2.05) is 0 Å². The van der Waals surface area contributed by atoms with Gasteiger partial charge >= 0.3 is 0 Å². The molecule has 2 amide bonds. The molecule has 7 nitrogen and oxygen atoms in total. The van der Waals surface area contributed by atoms with Gasteiger partial charge in [-0.15, -0.1) is 0 Å². The number of halogens is 3. The number of sulfonamides is 1. The van der Waals surface area contributed by atoms with Gasteiger partial charge in [0.2, 0.25) is 11.8 Å². The van der Waals surface area contributed by atoms with E-state index in [0.717, 1.165) is 9.21 Å². The summed E-state index contributed by atoms with van der Waals surface area (Å²) < 4.78 is 43.0. The number of hydrogen-bond donors (Lipinski definition) is 1. The zero-order chi connectivity index (χ0) is 29.0. The molecule has 0 aliphatic heterocycles. The van der Waals surface area contributed by atoms with E-state index in [2.05, 4.69) is 5.32 Å². The molecule has 0 saturated carbocycles. The van der Waals surface area contributed by atoms with Gasteiger partial charge in [0, 0.05) is 17.6 Å². The molecule has 0 aliphatic rings. The number of nitrogens with one attached hydrogen (secondary N) is 1. The number of hydrogen-bond acceptors (Lipinski definition) is 4. The molecule has 0 bridgehead atoms. The summed E-state index contributed by atoms with van der Waals surface area (Å²) in [6.07, 6.45) is 0. The summed E-state index contributed by atoms with van der Waals surface area (Å²) >= 11 is 12.6. The van der Waals surface area contributed by atoms with Gasteiger partial charge in [-0.05, 0) is 58.0 Å². The van der Waals surface area contributed by atoms with Crippen LogP contribution >= 0.6 is 23.2 Å². The average Bonchev–Trinajstić information content (AvgIpc) is 2.87. The smallest absolute Gasteiger partial charge is 0.264 e. The van der Waals surface area contributed by atoms with Crippen molar-refractivity contribution in [1.29, 1.82) is 0 Å². The Labute approximate surface area is 238 Å². The molecule has 3 aromatic carbocycles. The third-order valence-electron chi connectivity index (χ3n) is 5.77. The minimum absolute atomic E-state index is 0.0148. The lowest BCUT2D eigenvalue weighted by Gasteiger charge is -2.33. The molecule has 0 saturated heterocycles. The highest BCUT2D eigenvalue weighted by molar-refractivity contribution is 7.92. The summed E-state index contributed by atoms with van der Waals surface area (Å²) in [6, 6.07) is 16.8. The second-order valence-corrected chi connectivity index (χ2v) is 12.6. The van der Waals surface area contributed by atoms with Crippen molar-refractivity contribution >= 4 is 50.7 Å². The van der Waals surface area contributed by atoms with E-state index < -0.39 is 45.8 Å². The van der Waals surface area contributed by atoms with Crippen LogP contribution in [0.25, 0.3) is 0 Å². The van der Waals surface area contributed by atoms with Crippen LogP contribution in [0.4, 0.5) is 10.1 Å². The van der Waals surface area contributed by atoms with E-state index in [0.29, 0.717) is 0 Å². The highest BCUT2D eigenvalue weighted by atomic mass is 35.5. The minimum atomic E-state index is -4.31. The Morgan fingerprint density at radius 1 is 0.949 bits per heavy atom. The molecule has 0 fully saturated rings. The second kappa shape index (κ2) is 12.4. The van der Waals surface area contributed by atoms with Crippen LogP contribution in [-0.2, 0) is 26.2 Å². The molecular weight excluding hydrogens is 564 g/mol. The molecule has 11 heteroatoms. The molecule has 1 atom stereocenters. The van der Waals surface area contributed by atoms with Crippen LogP contribution in [0.2, 0.25) is 10.0 Å². The van der Waals surface area contributed by atoms with Gasteiger partial charge in [0.1, 0.15) is 18.4 Å². The maximum absolute atomic E-state index is 14.6. The molecule has 0 heterocycles. The third kappa shape index (κ3) is 7.50. The van der Waals surface area contributed by atoms with Crippen molar-refractivity contribution in [3.63, 3.8) is 0 Å². The number of carbonyl (C=O) groups is 2. The fraction of sp³-hybridized carbons (Fsp3) is 0.286. The van der Waals surface area contributed by atoms with Crippen molar-refractivity contribution in [2.24, 2.45) is 0 Å². The van der Waals surface area contributed by atoms with Gasteiger partial charge in [0.15, 0.2) is 0 Å². The number of anilines is 1. The zero-order valence-corrected chi connectivity index (χ0v) is 24.3. The Morgan fingerprint density at radius 2 is 1.56 bits per heavy atom. The van der Waals surface area contributed by atoms with Gasteiger partial charge in [-0.1, -0.05) is 65.7 Å². The van der Waals surface area contributed by atoms with E-state index in [-0.39, 0.29) is 32.7 Å². The van der Waals surface area contributed by atoms with Gasteiger partial charge in [0.05, 0.1) is 20.6 Å². The highest BCUT2D eigenvalue weighted by Crippen LogP contribution is 2.35. The van der Waals surface area contributed by atoms with E-state index in [1.165, 1.54) is 55.5 Å². The first-order chi connectivity index (χ1) is 18.2. The summed E-state index contributed by atoms with van der Waals surface area (Å²) in [6.45, 7) is 5.87. The maximum Gasteiger partial charge on any atom is 0.264 e. The topological polar surface area (TPSA) is 86.8 Å². The molecule has 0 unspecified atom stereocenters. The maximum atomic E-state index is 14.6. The van der Waals surface area contributed by atoms with E-state index in [9.17, 15) is 22.4 Å². The molecule has 0 radical (unpaired) electrons. The van der Waals surface area contributed by atoms with Crippen molar-refractivity contribution in [2.75, 3.05) is 10.8 Å². The Kier molecular flexibility index (Phi) is 9.64. The standard InChI is InChI=1S/C28H30Cl2FN3O4S/c1-19(27(36)32-28(2,3)4)33(17-20-11-8-9-15-23(20)31)25(35)18-34(24-16-10-14-22(29)26(24)30)39(37,38)21-12-6-5-7-13-21/h5-16,19H,17-18H2,1-4H3,(H,32,36)/t19-/m0/s1. The molecule has 39 heavy (non-hydrogen) atoms. The monoisotopic (exact) mass is 593 g/mol. The summed E-state index contributed by atoms with van der Waals surface area (Å²) in [5, 5.41) is 2.84. The predicted octanol–water partition coefficient (Wildman–Crippen LogP) is 5.66. The Hall–Kier alpha value is -3.14. The summed E-state index contributed by atoms with van der Waals surface area (Å²) in [7, 11) is -4.31. The van der Waals surface area contributed by atoms with Crippen molar-refractivity contribution in [2.45, 2.75) is 50.7 Å². The van der Waals surface area contributed by atoms with Crippen LogP contribution in [0.5, 0.6) is 0 Å². The molecule has 3 rings (SSSR count). The minimum Gasteiger partial charge on any atom is -0.350 e. The highest BCUT2D eigenvalue weighted by Gasteiger charge is 2.34. The molecule has 0 spiro atoms. The fourth-order valence-electron chi connectivity index (χ4n) is 3.78. The lowest BCUT2D eigenvalue weighted by Crippen LogP contribution is -2.54. The number of amides is 2. The zero-order valence-electron chi connectivity index (χ0n) is 22.0. The van der Waals surface area contributed by atoms with Crippen molar-refractivity contribution in [1.82, 2.24) is 10.2 Å². The van der Waals surface area contributed by atoms with Gasteiger partial charge in [-0.2, -0.15) is 0 Å². The lowest BCUT2D eigenvalue weighted by atomic mass is 10.1. The summed E-state index contributed by atoms with van der Waals surface area (Å²) in [5.74, 6) is -1.79. The normalized spacial score (nSPS) is 12.5. The van der Waals surface area contributed by atoms with Crippen LogP contribution in [0.3, 0.4) is 0 Å². The third-order valence-corrected chi connectivity index (χ3v) is 8.36. The first-order valence-electron chi connectivity index (χ1n) is 12.1. The van der Waals surface area contributed by atoms with Gasteiger partial charge in [0.25, 0.3) is 10.0 Å². The Bertz CT molecular complexity index is 1450. The van der Waals surface area contributed by atoms with Crippen LogP contribution in [0, 0.1) is 5.82 Å². The molecule has 208 valence electrons. The number of carbonyl (C=O) groups excluding carboxylic acids is 2. The van der Waals surface area contributed by atoms with Gasteiger partial charge in [-0.3, -0.25) is 13.9 Å².